The number of nitrogens with zero attached hydrogens (tertiary/aromatic N) is 1. The second kappa shape index (κ2) is 7.21. The minimum absolute atomic E-state index is 0.0456. The van der Waals surface area contributed by atoms with Gasteiger partial charge in [-0.1, -0.05) is 18.2 Å². The molecule has 1 aliphatic heterocycles. The molecule has 0 spiro atoms. The summed E-state index contributed by atoms with van der Waals surface area (Å²) in [6.45, 7) is 0.531. The van der Waals surface area contributed by atoms with Crippen molar-refractivity contribution in [3.8, 4) is 0 Å². The molecule has 8 heteroatoms. The number of para-hydroxylation sites is 1. The van der Waals surface area contributed by atoms with Gasteiger partial charge in [0, 0.05) is 36.3 Å². The van der Waals surface area contributed by atoms with Crippen LogP contribution >= 0.6 is 0 Å². The van der Waals surface area contributed by atoms with E-state index in [4.69, 9.17) is 0 Å². The smallest absolute Gasteiger partial charge is 0.252 e. The maximum Gasteiger partial charge on any atom is 0.252 e. The number of hydrogen-bond acceptors (Lipinski definition) is 4. The summed E-state index contributed by atoms with van der Waals surface area (Å²) in [6.07, 6.45) is 1.32. The van der Waals surface area contributed by atoms with Gasteiger partial charge >= 0.3 is 0 Å². The highest BCUT2D eigenvalue weighted by atomic mass is 32.2. The van der Waals surface area contributed by atoms with Crippen LogP contribution in [0.15, 0.2) is 64.3 Å². The van der Waals surface area contributed by atoms with Crippen molar-refractivity contribution >= 4 is 32.5 Å². The normalized spacial score (nSPS) is 14.7. The zero-order valence-corrected chi connectivity index (χ0v) is 15.8. The van der Waals surface area contributed by atoms with E-state index in [0.717, 1.165) is 11.8 Å². The topological polar surface area (TPSA) is 99.3 Å². The first kappa shape index (κ1) is 18.4. The molecule has 28 heavy (non-hydrogen) atoms. The van der Waals surface area contributed by atoms with Crippen LogP contribution in [0.25, 0.3) is 10.9 Å². The first-order chi connectivity index (χ1) is 13.4. The SMILES string of the molecule is O=C1CCCN1c1ccc(S(=O)(=O)NCc2cc3ccccc3[nH]c2=O)cc1. The van der Waals surface area contributed by atoms with Crippen molar-refractivity contribution in [2.75, 3.05) is 11.4 Å². The molecule has 1 saturated heterocycles. The molecular formula is C20H19N3O4S. The standard InChI is InChI=1S/C20H19N3O4S/c24-19-6-3-11-23(19)16-7-9-17(10-8-16)28(26,27)21-13-15-12-14-4-1-2-5-18(14)22-20(15)25/h1-2,4-5,7-10,12,21H,3,6,11,13H2,(H,22,25). The number of anilines is 1. The fourth-order valence-electron chi connectivity index (χ4n) is 3.31. The Morgan fingerprint density at radius 2 is 1.79 bits per heavy atom. The minimum Gasteiger partial charge on any atom is -0.322 e. The van der Waals surface area contributed by atoms with Crippen LogP contribution in [-0.2, 0) is 21.4 Å². The molecule has 1 aliphatic rings. The van der Waals surface area contributed by atoms with Crippen molar-refractivity contribution in [3.63, 3.8) is 0 Å². The van der Waals surface area contributed by atoms with Crippen molar-refractivity contribution in [1.29, 1.82) is 0 Å². The van der Waals surface area contributed by atoms with E-state index in [-0.39, 0.29) is 22.9 Å². The molecule has 144 valence electrons. The largest absolute Gasteiger partial charge is 0.322 e. The van der Waals surface area contributed by atoms with Crippen LogP contribution in [0, 0.1) is 0 Å². The quantitative estimate of drug-likeness (QED) is 0.689. The van der Waals surface area contributed by atoms with Crippen molar-refractivity contribution < 1.29 is 13.2 Å². The number of pyridine rings is 1. The highest BCUT2D eigenvalue weighted by Gasteiger charge is 2.22. The van der Waals surface area contributed by atoms with Gasteiger partial charge in [-0.05, 0) is 48.2 Å². The molecule has 1 fully saturated rings. The Morgan fingerprint density at radius 3 is 2.50 bits per heavy atom. The highest BCUT2D eigenvalue weighted by molar-refractivity contribution is 7.89. The summed E-state index contributed by atoms with van der Waals surface area (Å²) in [7, 11) is -3.79. The molecular weight excluding hydrogens is 378 g/mol. The van der Waals surface area contributed by atoms with Crippen molar-refractivity contribution in [1.82, 2.24) is 9.71 Å². The maximum atomic E-state index is 12.6. The average molecular weight is 397 g/mol. The number of H-pyrrole nitrogens is 1. The fraction of sp³-hybridized carbons (Fsp3) is 0.200. The van der Waals surface area contributed by atoms with E-state index in [2.05, 4.69) is 9.71 Å². The van der Waals surface area contributed by atoms with E-state index in [0.29, 0.717) is 29.7 Å². The number of fused-ring (bicyclic) bond motifs is 1. The summed E-state index contributed by atoms with van der Waals surface area (Å²) in [5.74, 6) is 0.0456. The third-order valence-electron chi connectivity index (χ3n) is 4.82. The van der Waals surface area contributed by atoms with Crippen LogP contribution in [0.2, 0.25) is 0 Å². The van der Waals surface area contributed by atoms with E-state index in [1.807, 2.05) is 18.2 Å². The first-order valence-electron chi connectivity index (χ1n) is 8.95. The Bertz CT molecular complexity index is 1200. The molecule has 2 N–H and O–H groups in total. The van der Waals surface area contributed by atoms with Gasteiger partial charge in [0.1, 0.15) is 0 Å². The summed E-state index contributed by atoms with van der Waals surface area (Å²) in [5.41, 5.74) is 1.39. The van der Waals surface area contributed by atoms with Gasteiger partial charge in [0.05, 0.1) is 4.90 Å². The lowest BCUT2D eigenvalue weighted by molar-refractivity contribution is -0.117. The Labute approximate surface area is 162 Å². The molecule has 7 nitrogen and oxygen atoms in total. The van der Waals surface area contributed by atoms with E-state index >= 15 is 0 Å². The Kier molecular flexibility index (Phi) is 4.74. The van der Waals surface area contributed by atoms with Crippen molar-refractivity contribution in [2.24, 2.45) is 0 Å². The van der Waals surface area contributed by atoms with Crippen molar-refractivity contribution in [3.05, 3.63) is 70.5 Å². The van der Waals surface area contributed by atoms with Crippen LogP contribution in [0.1, 0.15) is 18.4 Å². The zero-order valence-electron chi connectivity index (χ0n) is 15.0. The molecule has 0 bridgehead atoms. The molecule has 0 radical (unpaired) electrons. The number of hydrogen-bond donors (Lipinski definition) is 2. The predicted octanol–water partition coefficient (Wildman–Crippen LogP) is 2.13. The van der Waals surface area contributed by atoms with Crippen LogP contribution in [0.4, 0.5) is 5.69 Å². The molecule has 0 aliphatic carbocycles. The lowest BCUT2D eigenvalue weighted by atomic mass is 10.1. The number of carbonyl (C=O) groups excluding carboxylic acids is 1. The highest BCUT2D eigenvalue weighted by Crippen LogP contribution is 2.23. The molecule has 4 rings (SSSR count). The van der Waals surface area contributed by atoms with Gasteiger partial charge < -0.3 is 9.88 Å². The number of rotatable bonds is 5. The predicted molar refractivity (Wildman–Crippen MR) is 107 cm³/mol. The van der Waals surface area contributed by atoms with E-state index < -0.39 is 10.0 Å². The number of amides is 1. The van der Waals surface area contributed by atoms with Gasteiger partial charge in [0.15, 0.2) is 0 Å². The molecule has 2 aromatic carbocycles. The number of aromatic nitrogens is 1. The number of benzene rings is 2. The lowest BCUT2D eigenvalue weighted by Crippen LogP contribution is -2.27. The van der Waals surface area contributed by atoms with Gasteiger partial charge in [-0.25, -0.2) is 13.1 Å². The third kappa shape index (κ3) is 3.56. The second-order valence-corrected chi connectivity index (χ2v) is 8.45. The van der Waals surface area contributed by atoms with E-state index in [9.17, 15) is 18.0 Å². The van der Waals surface area contributed by atoms with Crippen LogP contribution in [0.5, 0.6) is 0 Å². The summed E-state index contributed by atoms with van der Waals surface area (Å²) in [6, 6.07) is 15.2. The molecule has 2 heterocycles. The van der Waals surface area contributed by atoms with Crippen LogP contribution < -0.4 is 15.2 Å². The number of nitrogens with one attached hydrogen (secondary N) is 2. The number of sulfonamides is 1. The van der Waals surface area contributed by atoms with Gasteiger partial charge in [0.25, 0.3) is 5.56 Å². The summed E-state index contributed by atoms with van der Waals surface area (Å²) in [5, 5.41) is 0.830. The third-order valence-corrected chi connectivity index (χ3v) is 6.23. The van der Waals surface area contributed by atoms with E-state index in [1.165, 1.54) is 12.1 Å². The minimum atomic E-state index is -3.79. The molecule has 3 aromatic rings. The second-order valence-electron chi connectivity index (χ2n) is 6.68. The summed E-state index contributed by atoms with van der Waals surface area (Å²) < 4.78 is 27.6. The van der Waals surface area contributed by atoms with Gasteiger partial charge in [-0.2, -0.15) is 0 Å². The molecule has 0 saturated carbocycles. The van der Waals surface area contributed by atoms with Gasteiger partial charge in [-0.3, -0.25) is 9.59 Å². The number of aromatic amines is 1. The molecule has 0 unspecified atom stereocenters. The monoisotopic (exact) mass is 397 g/mol. The zero-order chi connectivity index (χ0) is 19.7. The fourth-order valence-corrected chi connectivity index (χ4v) is 4.31. The first-order valence-corrected chi connectivity index (χ1v) is 10.4. The van der Waals surface area contributed by atoms with Crippen LogP contribution in [0.3, 0.4) is 0 Å². The van der Waals surface area contributed by atoms with Crippen LogP contribution in [-0.4, -0.2) is 25.9 Å². The Morgan fingerprint density at radius 1 is 1.04 bits per heavy atom. The maximum absolute atomic E-state index is 12.6. The Hall–Kier alpha value is -2.97. The Balaban J connectivity index is 1.52. The van der Waals surface area contributed by atoms with E-state index in [1.54, 1.807) is 29.2 Å². The summed E-state index contributed by atoms with van der Waals surface area (Å²) in [4.78, 5) is 28.5. The molecule has 1 aromatic heterocycles. The molecule has 0 atom stereocenters. The van der Waals surface area contributed by atoms with Gasteiger partial charge in [-0.15, -0.1) is 0 Å². The average Bonchev–Trinajstić information content (AvgIpc) is 3.12. The summed E-state index contributed by atoms with van der Waals surface area (Å²) >= 11 is 0. The molecule has 1 amide bonds. The lowest BCUT2D eigenvalue weighted by Gasteiger charge is -2.16. The van der Waals surface area contributed by atoms with Gasteiger partial charge in [0.2, 0.25) is 15.9 Å². The number of carbonyl (C=O) groups is 1. The van der Waals surface area contributed by atoms with Crippen molar-refractivity contribution in [2.45, 2.75) is 24.3 Å².